The molecule has 0 bridgehead atoms. The van der Waals surface area contributed by atoms with Gasteiger partial charge in [-0.05, 0) is 42.5 Å². The number of carbonyl (C=O) groups excluding carboxylic acids is 2. The molecule has 3 rings (SSSR count). The summed E-state index contributed by atoms with van der Waals surface area (Å²) in [5, 5.41) is 16.8. The predicted octanol–water partition coefficient (Wildman–Crippen LogP) is 4.08. The molecular formula is C19H16ClN5O2. The van der Waals surface area contributed by atoms with Gasteiger partial charge in [0.25, 0.3) is 5.91 Å². The summed E-state index contributed by atoms with van der Waals surface area (Å²) in [6, 6.07) is 17.3. The third kappa shape index (κ3) is 5.02. The zero-order chi connectivity index (χ0) is 19.2. The third-order valence-corrected chi connectivity index (χ3v) is 3.80. The number of nitrogens with zero attached hydrogens (tertiary/aromatic N) is 2. The second kappa shape index (κ2) is 8.29. The molecule has 0 unspecified atom stereocenters. The zero-order valence-electron chi connectivity index (χ0n) is 14.4. The highest BCUT2D eigenvalue weighted by Gasteiger charge is 2.10. The molecule has 27 heavy (non-hydrogen) atoms. The van der Waals surface area contributed by atoms with Crippen molar-refractivity contribution in [2.75, 3.05) is 16.0 Å². The number of hydrogen-bond donors (Lipinski definition) is 3. The van der Waals surface area contributed by atoms with Gasteiger partial charge in [0, 0.05) is 18.3 Å². The topological polar surface area (TPSA) is 96.0 Å². The molecule has 0 aliphatic rings. The zero-order valence-corrected chi connectivity index (χ0v) is 15.1. The summed E-state index contributed by atoms with van der Waals surface area (Å²) in [6.07, 6.45) is 0. The minimum absolute atomic E-state index is 0.152. The predicted molar refractivity (Wildman–Crippen MR) is 105 cm³/mol. The number of anilines is 4. The van der Waals surface area contributed by atoms with E-state index in [0.717, 1.165) is 5.69 Å². The first-order valence-electron chi connectivity index (χ1n) is 8.05. The molecule has 0 saturated carbocycles. The Kier molecular flexibility index (Phi) is 5.63. The summed E-state index contributed by atoms with van der Waals surface area (Å²) in [7, 11) is 0. The summed E-state index contributed by atoms with van der Waals surface area (Å²) in [6.45, 7) is 1.44. The third-order valence-electron chi connectivity index (χ3n) is 3.47. The Balaban J connectivity index is 1.67. The fourth-order valence-corrected chi connectivity index (χ4v) is 2.48. The van der Waals surface area contributed by atoms with Crippen LogP contribution in [0.15, 0.2) is 60.7 Å². The van der Waals surface area contributed by atoms with E-state index < -0.39 is 5.91 Å². The Bertz CT molecular complexity index is 976. The van der Waals surface area contributed by atoms with Gasteiger partial charge in [-0.1, -0.05) is 29.8 Å². The van der Waals surface area contributed by atoms with Crippen LogP contribution in [0, 0.1) is 0 Å². The standard InChI is InChI=1S/C19H16ClN5O2/c1-12(26)21-13-5-4-6-14(11-13)22-18-10-9-17(24-25-18)19(27)23-16-8-3-2-7-15(16)20/h2-11H,1H3,(H,21,26)(H,22,25)(H,23,27). The van der Waals surface area contributed by atoms with E-state index >= 15 is 0 Å². The highest BCUT2D eigenvalue weighted by molar-refractivity contribution is 6.33. The lowest BCUT2D eigenvalue weighted by Crippen LogP contribution is -2.14. The van der Waals surface area contributed by atoms with Gasteiger partial charge in [-0.15, -0.1) is 10.2 Å². The van der Waals surface area contributed by atoms with Crippen molar-refractivity contribution in [3.8, 4) is 0 Å². The number of rotatable bonds is 5. The molecule has 3 N–H and O–H groups in total. The maximum atomic E-state index is 12.3. The molecule has 136 valence electrons. The van der Waals surface area contributed by atoms with Crippen molar-refractivity contribution < 1.29 is 9.59 Å². The second-order valence-corrected chi connectivity index (χ2v) is 6.03. The quantitative estimate of drug-likeness (QED) is 0.618. The largest absolute Gasteiger partial charge is 0.339 e. The maximum absolute atomic E-state index is 12.3. The van der Waals surface area contributed by atoms with Gasteiger partial charge in [0.1, 0.15) is 0 Å². The van der Waals surface area contributed by atoms with Crippen LogP contribution in [-0.4, -0.2) is 22.0 Å². The van der Waals surface area contributed by atoms with Crippen molar-refractivity contribution in [3.05, 3.63) is 71.4 Å². The fourth-order valence-electron chi connectivity index (χ4n) is 2.29. The molecule has 7 nitrogen and oxygen atoms in total. The Morgan fingerprint density at radius 1 is 0.889 bits per heavy atom. The highest BCUT2D eigenvalue weighted by atomic mass is 35.5. The van der Waals surface area contributed by atoms with Crippen molar-refractivity contribution >= 4 is 46.3 Å². The van der Waals surface area contributed by atoms with Crippen LogP contribution in [-0.2, 0) is 4.79 Å². The second-order valence-electron chi connectivity index (χ2n) is 5.62. The van der Waals surface area contributed by atoms with Gasteiger partial charge < -0.3 is 16.0 Å². The van der Waals surface area contributed by atoms with E-state index in [4.69, 9.17) is 11.6 Å². The molecule has 2 amide bonds. The molecule has 0 radical (unpaired) electrons. The minimum atomic E-state index is -0.408. The van der Waals surface area contributed by atoms with Crippen molar-refractivity contribution in [2.24, 2.45) is 0 Å². The number of amides is 2. The smallest absolute Gasteiger partial charge is 0.276 e. The Morgan fingerprint density at radius 2 is 1.67 bits per heavy atom. The maximum Gasteiger partial charge on any atom is 0.276 e. The van der Waals surface area contributed by atoms with E-state index in [1.165, 1.54) is 6.92 Å². The molecule has 0 atom stereocenters. The number of benzene rings is 2. The van der Waals surface area contributed by atoms with E-state index in [2.05, 4.69) is 26.1 Å². The van der Waals surface area contributed by atoms with Gasteiger partial charge in [0.15, 0.2) is 11.5 Å². The molecular weight excluding hydrogens is 366 g/mol. The van der Waals surface area contributed by atoms with E-state index in [-0.39, 0.29) is 11.6 Å². The number of halogens is 1. The number of nitrogens with one attached hydrogen (secondary N) is 3. The van der Waals surface area contributed by atoms with Gasteiger partial charge >= 0.3 is 0 Å². The van der Waals surface area contributed by atoms with Crippen LogP contribution < -0.4 is 16.0 Å². The van der Waals surface area contributed by atoms with E-state index in [0.29, 0.717) is 22.2 Å². The number of carbonyl (C=O) groups is 2. The molecule has 0 saturated heterocycles. The van der Waals surface area contributed by atoms with Crippen molar-refractivity contribution in [2.45, 2.75) is 6.92 Å². The van der Waals surface area contributed by atoms with Gasteiger partial charge in [-0.3, -0.25) is 9.59 Å². The molecule has 0 aliphatic heterocycles. The number of aromatic nitrogens is 2. The minimum Gasteiger partial charge on any atom is -0.339 e. The van der Waals surface area contributed by atoms with E-state index in [1.807, 2.05) is 6.07 Å². The Labute approximate surface area is 160 Å². The van der Waals surface area contributed by atoms with E-state index in [9.17, 15) is 9.59 Å². The molecule has 2 aromatic carbocycles. The summed E-state index contributed by atoms with van der Waals surface area (Å²) in [5.41, 5.74) is 2.05. The molecule has 0 aliphatic carbocycles. The van der Waals surface area contributed by atoms with Crippen LogP contribution in [0.1, 0.15) is 17.4 Å². The lowest BCUT2D eigenvalue weighted by molar-refractivity contribution is -0.114. The lowest BCUT2D eigenvalue weighted by atomic mass is 10.2. The van der Waals surface area contributed by atoms with Crippen LogP contribution in [0.2, 0.25) is 5.02 Å². The van der Waals surface area contributed by atoms with Crippen LogP contribution in [0.5, 0.6) is 0 Å². The first-order chi connectivity index (χ1) is 13.0. The number of hydrogen-bond acceptors (Lipinski definition) is 5. The Morgan fingerprint density at radius 3 is 2.37 bits per heavy atom. The van der Waals surface area contributed by atoms with E-state index in [1.54, 1.807) is 54.6 Å². The molecule has 0 spiro atoms. The first-order valence-corrected chi connectivity index (χ1v) is 8.43. The average molecular weight is 382 g/mol. The molecule has 1 heterocycles. The monoisotopic (exact) mass is 381 g/mol. The van der Waals surface area contributed by atoms with Gasteiger partial charge in [0.05, 0.1) is 10.7 Å². The summed E-state index contributed by atoms with van der Waals surface area (Å²) >= 11 is 6.03. The molecule has 3 aromatic rings. The van der Waals surface area contributed by atoms with Crippen LogP contribution >= 0.6 is 11.6 Å². The first kappa shape index (κ1) is 18.3. The normalized spacial score (nSPS) is 10.1. The van der Waals surface area contributed by atoms with Crippen molar-refractivity contribution in [3.63, 3.8) is 0 Å². The molecule has 8 heteroatoms. The van der Waals surface area contributed by atoms with Crippen LogP contribution in [0.25, 0.3) is 0 Å². The van der Waals surface area contributed by atoms with Crippen LogP contribution in [0.3, 0.4) is 0 Å². The van der Waals surface area contributed by atoms with Crippen LogP contribution in [0.4, 0.5) is 22.9 Å². The SMILES string of the molecule is CC(=O)Nc1cccc(Nc2ccc(C(=O)Nc3ccccc3Cl)nn2)c1. The summed E-state index contributed by atoms with van der Waals surface area (Å²) in [5.74, 6) is -0.0973. The summed E-state index contributed by atoms with van der Waals surface area (Å²) in [4.78, 5) is 23.4. The lowest BCUT2D eigenvalue weighted by Gasteiger charge is -2.09. The Hall–Kier alpha value is -3.45. The molecule has 0 fully saturated rings. The van der Waals surface area contributed by atoms with Crippen molar-refractivity contribution in [1.82, 2.24) is 10.2 Å². The van der Waals surface area contributed by atoms with Gasteiger partial charge in [0.2, 0.25) is 5.91 Å². The molecule has 1 aromatic heterocycles. The highest BCUT2D eigenvalue weighted by Crippen LogP contribution is 2.21. The number of para-hydroxylation sites is 1. The van der Waals surface area contributed by atoms with Gasteiger partial charge in [-0.25, -0.2) is 0 Å². The van der Waals surface area contributed by atoms with Crippen molar-refractivity contribution in [1.29, 1.82) is 0 Å². The average Bonchev–Trinajstić information content (AvgIpc) is 2.64. The fraction of sp³-hybridized carbons (Fsp3) is 0.0526. The summed E-state index contributed by atoms with van der Waals surface area (Å²) < 4.78 is 0. The van der Waals surface area contributed by atoms with Gasteiger partial charge in [-0.2, -0.15) is 0 Å².